The summed E-state index contributed by atoms with van der Waals surface area (Å²) in [5, 5.41) is 6.82. The fourth-order valence-corrected chi connectivity index (χ4v) is 3.79. The summed E-state index contributed by atoms with van der Waals surface area (Å²) in [6, 6.07) is 19.1. The predicted molar refractivity (Wildman–Crippen MR) is 121 cm³/mol. The smallest absolute Gasteiger partial charge is 0.136 e. The van der Waals surface area contributed by atoms with Crippen LogP contribution in [-0.4, -0.2) is 23.1 Å². The van der Waals surface area contributed by atoms with Gasteiger partial charge in [-0.15, -0.1) is 0 Å². The van der Waals surface area contributed by atoms with Gasteiger partial charge < -0.3 is 15.5 Å². The van der Waals surface area contributed by atoms with E-state index in [1.165, 1.54) is 36.1 Å². The molecule has 0 spiro atoms. The van der Waals surface area contributed by atoms with E-state index in [1.54, 1.807) is 0 Å². The average Bonchev–Trinajstić information content (AvgIpc) is 2.73. The maximum absolute atomic E-state index is 4.54. The van der Waals surface area contributed by atoms with Gasteiger partial charge in [0, 0.05) is 37.1 Å². The van der Waals surface area contributed by atoms with Crippen molar-refractivity contribution < 1.29 is 0 Å². The predicted octanol–water partition coefficient (Wildman–Crippen LogP) is 5.44. The summed E-state index contributed by atoms with van der Waals surface area (Å²) >= 11 is 0. The molecule has 0 aliphatic carbocycles. The standard InChI is InChI=1S/C24H29N5/c1-18-7-6-8-20(15-18)17-25-23-16-24(27-19(2)26-23)28-21-9-11-22(12-10-21)29-13-4-3-5-14-29/h6-12,15-16H,3-5,13-14,17H2,1-2H3,(H2,25,26,27,28). The first-order valence-corrected chi connectivity index (χ1v) is 10.4. The van der Waals surface area contributed by atoms with Crippen LogP contribution in [0, 0.1) is 13.8 Å². The minimum absolute atomic E-state index is 0.738. The lowest BCUT2D eigenvalue weighted by atomic mass is 10.1. The van der Waals surface area contributed by atoms with Gasteiger partial charge in [0.15, 0.2) is 0 Å². The number of nitrogens with zero attached hydrogens (tertiary/aromatic N) is 3. The highest BCUT2D eigenvalue weighted by molar-refractivity contribution is 5.62. The summed E-state index contributed by atoms with van der Waals surface area (Å²) in [4.78, 5) is 11.5. The van der Waals surface area contributed by atoms with Crippen LogP contribution in [-0.2, 0) is 6.54 Å². The van der Waals surface area contributed by atoms with Crippen LogP contribution in [0.5, 0.6) is 0 Å². The van der Waals surface area contributed by atoms with Gasteiger partial charge in [-0.2, -0.15) is 0 Å². The summed E-state index contributed by atoms with van der Waals surface area (Å²) in [7, 11) is 0. The molecule has 1 aromatic heterocycles. The van der Waals surface area contributed by atoms with Gasteiger partial charge in [-0.3, -0.25) is 0 Å². The van der Waals surface area contributed by atoms with Crippen molar-refractivity contribution in [2.75, 3.05) is 28.6 Å². The number of anilines is 4. The van der Waals surface area contributed by atoms with Crippen molar-refractivity contribution in [3.05, 3.63) is 71.5 Å². The molecule has 1 aliphatic heterocycles. The fourth-order valence-electron chi connectivity index (χ4n) is 3.79. The first-order valence-electron chi connectivity index (χ1n) is 10.4. The zero-order valence-electron chi connectivity index (χ0n) is 17.3. The normalized spacial score (nSPS) is 13.9. The average molecular weight is 388 g/mol. The molecule has 3 aromatic rings. The molecule has 29 heavy (non-hydrogen) atoms. The quantitative estimate of drug-likeness (QED) is 0.590. The van der Waals surface area contributed by atoms with Crippen LogP contribution >= 0.6 is 0 Å². The molecule has 5 nitrogen and oxygen atoms in total. The molecule has 2 aromatic carbocycles. The van der Waals surface area contributed by atoms with Crippen LogP contribution < -0.4 is 15.5 Å². The highest BCUT2D eigenvalue weighted by Gasteiger charge is 2.10. The maximum atomic E-state index is 4.54. The van der Waals surface area contributed by atoms with Crippen LogP contribution in [0.2, 0.25) is 0 Å². The molecule has 0 bridgehead atoms. The Kier molecular flexibility index (Phi) is 5.94. The van der Waals surface area contributed by atoms with Crippen LogP contribution in [0.15, 0.2) is 54.6 Å². The Bertz CT molecular complexity index is 946. The van der Waals surface area contributed by atoms with Crippen molar-refractivity contribution in [1.82, 2.24) is 9.97 Å². The van der Waals surface area contributed by atoms with Crippen LogP contribution in [0.3, 0.4) is 0 Å². The Morgan fingerprint density at radius 3 is 2.38 bits per heavy atom. The van der Waals surface area contributed by atoms with Gasteiger partial charge in [0.1, 0.15) is 17.5 Å². The van der Waals surface area contributed by atoms with Crippen molar-refractivity contribution >= 4 is 23.0 Å². The number of benzene rings is 2. The largest absolute Gasteiger partial charge is 0.372 e. The second kappa shape index (κ2) is 8.95. The van der Waals surface area contributed by atoms with Crippen molar-refractivity contribution in [3.63, 3.8) is 0 Å². The minimum atomic E-state index is 0.738. The van der Waals surface area contributed by atoms with E-state index < -0.39 is 0 Å². The molecule has 1 saturated heterocycles. The second-order valence-corrected chi connectivity index (χ2v) is 7.75. The van der Waals surface area contributed by atoms with E-state index in [9.17, 15) is 0 Å². The molecule has 0 saturated carbocycles. The fraction of sp³-hybridized carbons (Fsp3) is 0.333. The van der Waals surface area contributed by atoms with Crippen molar-refractivity contribution in [2.24, 2.45) is 0 Å². The molecule has 0 radical (unpaired) electrons. The van der Waals surface area contributed by atoms with Crippen LogP contribution in [0.1, 0.15) is 36.2 Å². The van der Waals surface area contributed by atoms with Gasteiger partial charge in [0.25, 0.3) is 0 Å². The lowest BCUT2D eigenvalue weighted by Crippen LogP contribution is -2.29. The molecule has 1 fully saturated rings. The highest BCUT2D eigenvalue weighted by atomic mass is 15.1. The number of aromatic nitrogens is 2. The molecule has 1 aliphatic rings. The molecule has 150 valence electrons. The lowest BCUT2D eigenvalue weighted by Gasteiger charge is -2.28. The first-order chi connectivity index (χ1) is 14.2. The third-order valence-corrected chi connectivity index (χ3v) is 5.25. The Balaban J connectivity index is 1.42. The number of nitrogens with one attached hydrogen (secondary N) is 2. The van der Waals surface area contributed by atoms with Gasteiger partial charge in [0.2, 0.25) is 0 Å². The van der Waals surface area contributed by atoms with Crippen LogP contribution in [0.4, 0.5) is 23.0 Å². The van der Waals surface area contributed by atoms with Crippen molar-refractivity contribution in [2.45, 2.75) is 39.7 Å². The summed E-state index contributed by atoms with van der Waals surface area (Å²) in [6.45, 7) is 7.09. The number of piperidine rings is 1. The van der Waals surface area contributed by atoms with Gasteiger partial charge in [-0.1, -0.05) is 29.8 Å². The second-order valence-electron chi connectivity index (χ2n) is 7.75. The maximum Gasteiger partial charge on any atom is 0.136 e. The number of hydrogen-bond donors (Lipinski definition) is 2. The first kappa shape index (κ1) is 19.2. The topological polar surface area (TPSA) is 53.1 Å². The van der Waals surface area contributed by atoms with E-state index in [1.807, 2.05) is 13.0 Å². The third-order valence-electron chi connectivity index (χ3n) is 5.25. The van der Waals surface area contributed by atoms with Crippen molar-refractivity contribution in [3.8, 4) is 0 Å². The van der Waals surface area contributed by atoms with Gasteiger partial charge >= 0.3 is 0 Å². The van der Waals surface area contributed by atoms with E-state index in [-0.39, 0.29) is 0 Å². The Hall–Kier alpha value is -3.08. The Morgan fingerprint density at radius 2 is 1.62 bits per heavy atom. The molecule has 0 atom stereocenters. The monoisotopic (exact) mass is 387 g/mol. The molecule has 2 heterocycles. The highest BCUT2D eigenvalue weighted by Crippen LogP contribution is 2.24. The van der Waals surface area contributed by atoms with Gasteiger partial charge in [-0.05, 0) is 62.9 Å². The molecule has 4 rings (SSSR count). The van der Waals surface area contributed by atoms with E-state index in [4.69, 9.17) is 0 Å². The van der Waals surface area contributed by atoms with Crippen molar-refractivity contribution in [1.29, 1.82) is 0 Å². The minimum Gasteiger partial charge on any atom is -0.372 e. The molecule has 2 N–H and O–H groups in total. The third kappa shape index (κ3) is 5.25. The zero-order valence-corrected chi connectivity index (χ0v) is 17.3. The van der Waals surface area contributed by atoms with E-state index >= 15 is 0 Å². The van der Waals surface area contributed by atoms with Gasteiger partial charge in [-0.25, -0.2) is 9.97 Å². The van der Waals surface area contributed by atoms with Gasteiger partial charge in [0.05, 0.1) is 0 Å². The van der Waals surface area contributed by atoms with E-state index in [0.29, 0.717) is 0 Å². The molecular weight excluding hydrogens is 358 g/mol. The summed E-state index contributed by atoms with van der Waals surface area (Å²) in [5.41, 5.74) is 4.84. The summed E-state index contributed by atoms with van der Waals surface area (Å²) in [5.74, 6) is 2.37. The SMILES string of the molecule is Cc1cccc(CNc2cc(Nc3ccc(N4CCCCC4)cc3)nc(C)n2)c1. The Labute approximate surface area is 173 Å². The lowest BCUT2D eigenvalue weighted by molar-refractivity contribution is 0.578. The van der Waals surface area contributed by atoms with Crippen LogP contribution in [0.25, 0.3) is 0 Å². The molecular formula is C24H29N5. The molecule has 5 heteroatoms. The summed E-state index contributed by atoms with van der Waals surface area (Å²) in [6.07, 6.45) is 3.93. The summed E-state index contributed by atoms with van der Waals surface area (Å²) < 4.78 is 0. The number of rotatable bonds is 6. The number of aryl methyl sites for hydroxylation is 2. The zero-order chi connectivity index (χ0) is 20.1. The molecule has 0 amide bonds. The van der Waals surface area contributed by atoms with E-state index in [2.05, 4.69) is 81.0 Å². The Morgan fingerprint density at radius 1 is 0.862 bits per heavy atom. The molecule has 0 unspecified atom stereocenters. The van der Waals surface area contributed by atoms with E-state index in [0.717, 1.165) is 42.8 Å². The number of hydrogen-bond acceptors (Lipinski definition) is 5.